The van der Waals surface area contributed by atoms with Crippen molar-refractivity contribution in [2.24, 2.45) is 0 Å². The molecule has 2 aromatic heterocycles. The molecule has 1 aromatic carbocycles. The smallest absolute Gasteiger partial charge is 0.249 e. The first-order chi connectivity index (χ1) is 8.83. The van der Waals surface area contributed by atoms with Gasteiger partial charge in [-0.25, -0.2) is 0 Å². The minimum atomic E-state index is 0.445. The van der Waals surface area contributed by atoms with Crippen LogP contribution in [0.3, 0.4) is 0 Å². The van der Waals surface area contributed by atoms with Crippen molar-refractivity contribution in [1.29, 1.82) is 0 Å². The SMILES string of the molecule is [B]c1cccc(-c2nnc(-c3cccnc3)o2)c1. The summed E-state index contributed by atoms with van der Waals surface area (Å²) in [5, 5.41) is 8.00. The monoisotopic (exact) mass is 233 g/mol. The molecule has 0 amide bonds. The summed E-state index contributed by atoms with van der Waals surface area (Å²) in [6.45, 7) is 0. The van der Waals surface area contributed by atoms with E-state index in [2.05, 4.69) is 15.2 Å². The number of pyridine rings is 1. The van der Waals surface area contributed by atoms with Gasteiger partial charge in [-0.05, 0) is 18.2 Å². The van der Waals surface area contributed by atoms with Crippen molar-refractivity contribution in [3.05, 3.63) is 48.8 Å². The fraction of sp³-hybridized carbons (Fsp3) is 0. The summed E-state index contributed by atoms with van der Waals surface area (Å²) in [6.07, 6.45) is 3.37. The van der Waals surface area contributed by atoms with E-state index in [0.717, 1.165) is 11.1 Å². The fourth-order valence-electron chi connectivity index (χ4n) is 1.62. The molecule has 0 saturated heterocycles. The number of benzene rings is 1. The van der Waals surface area contributed by atoms with Crippen LogP contribution in [0.4, 0.5) is 0 Å². The van der Waals surface area contributed by atoms with Crippen LogP contribution in [0.1, 0.15) is 0 Å². The highest BCUT2D eigenvalue weighted by molar-refractivity contribution is 6.32. The first-order valence-electron chi connectivity index (χ1n) is 5.43. The summed E-state index contributed by atoms with van der Waals surface area (Å²) < 4.78 is 5.59. The van der Waals surface area contributed by atoms with Gasteiger partial charge in [-0.1, -0.05) is 23.7 Å². The largest absolute Gasteiger partial charge is 0.416 e. The molecule has 2 heterocycles. The Morgan fingerprint density at radius 3 is 2.44 bits per heavy atom. The molecule has 0 bridgehead atoms. The van der Waals surface area contributed by atoms with Crippen molar-refractivity contribution in [2.45, 2.75) is 0 Å². The number of aromatic nitrogens is 3. The van der Waals surface area contributed by atoms with E-state index in [9.17, 15) is 0 Å². The van der Waals surface area contributed by atoms with Crippen molar-refractivity contribution in [1.82, 2.24) is 15.2 Å². The Morgan fingerprint density at radius 2 is 1.72 bits per heavy atom. The van der Waals surface area contributed by atoms with Gasteiger partial charge in [0.05, 0.1) is 5.56 Å². The highest BCUT2D eigenvalue weighted by Crippen LogP contribution is 2.22. The molecule has 18 heavy (non-hydrogen) atoms. The van der Waals surface area contributed by atoms with Crippen molar-refractivity contribution in [3.8, 4) is 22.9 Å². The molecule has 5 heteroatoms. The van der Waals surface area contributed by atoms with E-state index >= 15 is 0 Å². The van der Waals surface area contributed by atoms with E-state index in [0.29, 0.717) is 17.2 Å². The lowest BCUT2D eigenvalue weighted by Gasteiger charge is -1.96. The summed E-state index contributed by atoms with van der Waals surface area (Å²) in [6, 6.07) is 11.0. The van der Waals surface area contributed by atoms with Crippen LogP contribution in [-0.2, 0) is 0 Å². The van der Waals surface area contributed by atoms with E-state index in [1.54, 1.807) is 18.5 Å². The Balaban J connectivity index is 2.00. The molecule has 4 nitrogen and oxygen atoms in total. The van der Waals surface area contributed by atoms with Gasteiger partial charge in [0.1, 0.15) is 7.85 Å². The van der Waals surface area contributed by atoms with E-state index < -0.39 is 0 Å². The second-order valence-electron chi connectivity index (χ2n) is 3.78. The molecule has 2 radical (unpaired) electrons. The summed E-state index contributed by atoms with van der Waals surface area (Å²) in [5.41, 5.74) is 2.26. The normalized spacial score (nSPS) is 10.4. The molecular formula is C13H8BN3O. The second-order valence-corrected chi connectivity index (χ2v) is 3.78. The Bertz CT molecular complexity index is 667. The van der Waals surface area contributed by atoms with Crippen LogP contribution in [0.2, 0.25) is 0 Å². The maximum atomic E-state index is 5.71. The predicted molar refractivity (Wildman–Crippen MR) is 68.4 cm³/mol. The molecule has 3 aromatic rings. The molecule has 0 saturated carbocycles. The van der Waals surface area contributed by atoms with Gasteiger partial charge in [0.25, 0.3) is 0 Å². The van der Waals surface area contributed by atoms with Gasteiger partial charge < -0.3 is 4.42 Å². The van der Waals surface area contributed by atoms with E-state index in [1.807, 2.05) is 30.3 Å². The molecular weight excluding hydrogens is 225 g/mol. The van der Waals surface area contributed by atoms with E-state index in [-0.39, 0.29) is 0 Å². The van der Waals surface area contributed by atoms with Crippen molar-refractivity contribution in [3.63, 3.8) is 0 Å². The molecule has 0 unspecified atom stereocenters. The summed E-state index contributed by atoms with van der Waals surface area (Å²) in [5.74, 6) is 0.890. The zero-order chi connectivity index (χ0) is 12.4. The molecule has 0 fully saturated rings. The summed E-state index contributed by atoms with van der Waals surface area (Å²) in [7, 11) is 5.71. The summed E-state index contributed by atoms with van der Waals surface area (Å²) >= 11 is 0. The zero-order valence-electron chi connectivity index (χ0n) is 9.45. The van der Waals surface area contributed by atoms with Gasteiger partial charge >= 0.3 is 0 Å². The minimum Gasteiger partial charge on any atom is -0.416 e. The maximum absolute atomic E-state index is 5.71. The van der Waals surface area contributed by atoms with Gasteiger partial charge in [-0.2, -0.15) is 0 Å². The molecule has 0 N–H and O–H groups in total. The third-order valence-corrected chi connectivity index (χ3v) is 2.47. The topological polar surface area (TPSA) is 51.8 Å². The number of hydrogen-bond acceptors (Lipinski definition) is 4. The Morgan fingerprint density at radius 1 is 0.944 bits per heavy atom. The first-order valence-corrected chi connectivity index (χ1v) is 5.43. The van der Waals surface area contributed by atoms with Gasteiger partial charge in [-0.3, -0.25) is 4.98 Å². The molecule has 3 rings (SSSR count). The Hall–Kier alpha value is -2.43. The van der Waals surface area contributed by atoms with Crippen molar-refractivity contribution in [2.75, 3.05) is 0 Å². The van der Waals surface area contributed by atoms with Crippen LogP contribution < -0.4 is 5.46 Å². The predicted octanol–water partition coefficient (Wildman–Crippen LogP) is 1.59. The van der Waals surface area contributed by atoms with Gasteiger partial charge in [0.2, 0.25) is 11.8 Å². The minimum absolute atomic E-state index is 0.445. The average molecular weight is 233 g/mol. The van der Waals surface area contributed by atoms with Crippen molar-refractivity contribution < 1.29 is 4.42 Å². The van der Waals surface area contributed by atoms with E-state index in [1.165, 1.54) is 0 Å². The summed E-state index contributed by atoms with van der Waals surface area (Å²) in [4.78, 5) is 4.01. The van der Waals surface area contributed by atoms with E-state index in [4.69, 9.17) is 12.3 Å². The average Bonchev–Trinajstić information content (AvgIpc) is 2.89. The number of nitrogens with zero attached hydrogens (tertiary/aromatic N) is 3. The molecule has 0 aliphatic rings. The van der Waals surface area contributed by atoms with Crippen LogP contribution in [0.5, 0.6) is 0 Å². The Labute approximate surface area is 105 Å². The van der Waals surface area contributed by atoms with Crippen LogP contribution in [0.15, 0.2) is 53.2 Å². The molecule has 0 atom stereocenters. The van der Waals surface area contributed by atoms with Gasteiger partial charge in [-0.15, -0.1) is 10.2 Å². The number of hydrogen-bond donors (Lipinski definition) is 0. The maximum Gasteiger partial charge on any atom is 0.249 e. The lowest BCUT2D eigenvalue weighted by molar-refractivity contribution is 0.584. The Kier molecular flexibility index (Phi) is 2.65. The standard InChI is InChI=1S/C13H8BN3O/c14-11-5-1-3-9(7-11)12-16-17-13(18-12)10-4-2-6-15-8-10/h1-8H. The molecule has 0 aliphatic carbocycles. The van der Waals surface area contributed by atoms with Gasteiger partial charge in [0, 0.05) is 18.0 Å². The fourth-order valence-corrected chi connectivity index (χ4v) is 1.62. The highest BCUT2D eigenvalue weighted by atomic mass is 16.4. The van der Waals surface area contributed by atoms with Crippen molar-refractivity contribution >= 4 is 13.3 Å². The lowest BCUT2D eigenvalue weighted by atomic mass is 9.94. The zero-order valence-corrected chi connectivity index (χ0v) is 9.45. The van der Waals surface area contributed by atoms with Crippen LogP contribution in [0.25, 0.3) is 22.9 Å². The van der Waals surface area contributed by atoms with Crippen LogP contribution >= 0.6 is 0 Å². The highest BCUT2D eigenvalue weighted by Gasteiger charge is 2.09. The quantitative estimate of drug-likeness (QED) is 0.630. The molecule has 84 valence electrons. The number of rotatable bonds is 2. The van der Waals surface area contributed by atoms with Gasteiger partial charge in [0.15, 0.2) is 0 Å². The van der Waals surface area contributed by atoms with Crippen LogP contribution in [0, 0.1) is 0 Å². The lowest BCUT2D eigenvalue weighted by Crippen LogP contribution is -2.00. The second kappa shape index (κ2) is 4.45. The first kappa shape index (κ1) is 10.7. The molecule has 0 aliphatic heterocycles. The third kappa shape index (κ3) is 2.02. The third-order valence-electron chi connectivity index (χ3n) is 2.47. The van der Waals surface area contributed by atoms with Crippen LogP contribution in [-0.4, -0.2) is 23.0 Å². The molecule has 0 spiro atoms.